The molecule has 0 unspecified atom stereocenters. The van der Waals surface area contributed by atoms with Crippen LogP contribution in [0.3, 0.4) is 0 Å². The summed E-state index contributed by atoms with van der Waals surface area (Å²) < 4.78 is 21.7. The molecule has 1 heterocycles. The number of carbonyl (C=O) groups is 1. The highest BCUT2D eigenvalue weighted by Gasteiger charge is 2.48. The smallest absolute Gasteiger partial charge is 0.230 e. The van der Waals surface area contributed by atoms with Crippen LogP contribution in [0, 0.1) is 5.92 Å². The molecule has 2 aromatic rings. The Morgan fingerprint density at radius 3 is 2.55 bits per heavy atom. The summed E-state index contributed by atoms with van der Waals surface area (Å²) in [6.45, 7) is 3.21. The average Bonchev–Trinajstić information content (AvgIpc) is 3.77. The molecule has 4 rings (SSSR count). The van der Waals surface area contributed by atoms with Gasteiger partial charge in [0.2, 0.25) is 5.91 Å². The van der Waals surface area contributed by atoms with Crippen LogP contribution in [0.5, 0.6) is 11.5 Å². The zero-order chi connectivity index (χ0) is 27.0. The molecule has 0 spiro atoms. The number of aryl methyl sites for hydroxylation is 1. The number of amides is 1. The molecule has 8 nitrogen and oxygen atoms in total. The van der Waals surface area contributed by atoms with Crippen LogP contribution in [-0.2, 0) is 32.8 Å². The Morgan fingerprint density at radius 1 is 1.03 bits per heavy atom. The number of aliphatic hydroxyl groups is 1. The van der Waals surface area contributed by atoms with E-state index >= 15 is 0 Å². The first-order chi connectivity index (χ1) is 18.5. The summed E-state index contributed by atoms with van der Waals surface area (Å²) in [6, 6.07) is 13.9. The molecule has 208 valence electrons. The van der Waals surface area contributed by atoms with Gasteiger partial charge in [0.25, 0.3) is 0 Å². The second-order valence-corrected chi connectivity index (χ2v) is 10.3. The lowest BCUT2D eigenvalue weighted by Crippen LogP contribution is -2.55. The average molecular weight is 527 g/mol. The first-order valence-electron chi connectivity index (χ1n) is 13.6. The topological polar surface area (TPSA) is 89.5 Å². The lowest BCUT2D eigenvalue weighted by molar-refractivity contribution is -0.150. The van der Waals surface area contributed by atoms with Crippen LogP contribution < -0.4 is 14.8 Å². The number of nitrogens with one attached hydrogen (secondary N) is 1. The second kappa shape index (κ2) is 13.4. The van der Waals surface area contributed by atoms with Crippen molar-refractivity contribution in [2.45, 2.75) is 50.3 Å². The lowest BCUT2D eigenvalue weighted by Gasteiger charge is -2.42. The van der Waals surface area contributed by atoms with Crippen LogP contribution in [-0.4, -0.2) is 76.2 Å². The standard InChI is InChI=1S/C30H42N2O6/c1-35-13-5-6-22-16-23(18-27(17-22)38-15-14-36-2)21-32(25-9-10-25)29(33)28-20-31-12-11-30(28,34)24-7-4-8-26(19-24)37-3/h4,7-8,16-19,25,28,31,34H,5-6,9-15,20-21H2,1-3H3/t28-,30+/m1/s1. The molecular formula is C30H42N2O6. The number of piperidine rings is 1. The van der Waals surface area contributed by atoms with Gasteiger partial charge in [-0.2, -0.15) is 0 Å². The van der Waals surface area contributed by atoms with Gasteiger partial charge in [0.15, 0.2) is 0 Å². The fraction of sp³-hybridized carbons (Fsp3) is 0.567. The van der Waals surface area contributed by atoms with Crippen molar-refractivity contribution in [1.82, 2.24) is 10.2 Å². The Labute approximate surface area is 226 Å². The number of ether oxygens (including phenoxy) is 4. The molecule has 8 heteroatoms. The van der Waals surface area contributed by atoms with Gasteiger partial charge in [-0.05, 0) is 79.6 Å². The van der Waals surface area contributed by atoms with Crippen LogP contribution >= 0.6 is 0 Å². The molecule has 1 aliphatic carbocycles. The Morgan fingerprint density at radius 2 is 1.82 bits per heavy atom. The molecule has 0 bridgehead atoms. The van der Waals surface area contributed by atoms with Crippen LogP contribution in [0.1, 0.15) is 42.4 Å². The summed E-state index contributed by atoms with van der Waals surface area (Å²) in [5, 5.41) is 15.3. The maximum absolute atomic E-state index is 14.1. The predicted octanol–water partition coefficient (Wildman–Crippen LogP) is 3.29. The molecule has 1 saturated heterocycles. The van der Waals surface area contributed by atoms with E-state index in [-0.39, 0.29) is 11.9 Å². The molecule has 1 amide bonds. The fourth-order valence-corrected chi connectivity index (χ4v) is 5.28. The van der Waals surface area contributed by atoms with Crippen LogP contribution in [0.2, 0.25) is 0 Å². The van der Waals surface area contributed by atoms with Crippen molar-refractivity contribution >= 4 is 5.91 Å². The molecule has 1 saturated carbocycles. The summed E-state index contributed by atoms with van der Waals surface area (Å²) in [5.74, 6) is 0.844. The van der Waals surface area contributed by atoms with Crippen molar-refractivity contribution in [2.24, 2.45) is 5.92 Å². The summed E-state index contributed by atoms with van der Waals surface area (Å²) >= 11 is 0. The maximum Gasteiger partial charge on any atom is 0.230 e. The van der Waals surface area contributed by atoms with Crippen molar-refractivity contribution in [3.05, 3.63) is 59.2 Å². The van der Waals surface area contributed by atoms with E-state index in [0.29, 0.717) is 51.6 Å². The molecule has 1 aliphatic heterocycles. The molecule has 38 heavy (non-hydrogen) atoms. The third-order valence-corrected chi connectivity index (χ3v) is 7.50. The summed E-state index contributed by atoms with van der Waals surface area (Å²) in [5.41, 5.74) is 1.64. The Balaban J connectivity index is 1.58. The highest BCUT2D eigenvalue weighted by Crippen LogP contribution is 2.40. The summed E-state index contributed by atoms with van der Waals surface area (Å²) in [7, 11) is 4.98. The quantitative estimate of drug-likeness (QED) is 0.365. The highest BCUT2D eigenvalue weighted by molar-refractivity contribution is 5.81. The Kier molecular flexibility index (Phi) is 10.0. The first kappa shape index (κ1) is 28.4. The number of hydrogen-bond acceptors (Lipinski definition) is 7. The van der Waals surface area contributed by atoms with Gasteiger partial charge in [-0.1, -0.05) is 18.2 Å². The Hall–Kier alpha value is -2.65. The van der Waals surface area contributed by atoms with E-state index in [2.05, 4.69) is 17.4 Å². The number of rotatable bonds is 14. The SMILES string of the molecule is COCCCc1cc(CN(C(=O)[C@H]2CNCC[C@]2(O)c2cccc(OC)c2)C2CC2)cc(OCCOC)c1. The second-order valence-electron chi connectivity index (χ2n) is 10.3. The minimum atomic E-state index is -1.26. The minimum Gasteiger partial charge on any atom is -0.497 e. The van der Waals surface area contributed by atoms with Gasteiger partial charge in [-0.25, -0.2) is 0 Å². The zero-order valence-corrected chi connectivity index (χ0v) is 22.9. The van der Waals surface area contributed by atoms with Gasteiger partial charge in [-0.3, -0.25) is 4.79 Å². The highest BCUT2D eigenvalue weighted by atomic mass is 16.5. The van der Waals surface area contributed by atoms with Crippen LogP contribution in [0.25, 0.3) is 0 Å². The van der Waals surface area contributed by atoms with E-state index in [1.807, 2.05) is 35.2 Å². The van der Waals surface area contributed by atoms with Gasteiger partial charge in [-0.15, -0.1) is 0 Å². The third-order valence-electron chi connectivity index (χ3n) is 7.50. The van der Waals surface area contributed by atoms with E-state index in [1.54, 1.807) is 21.3 Å². The third kappa shape index (κ3) is 7.05. The van der Waals surface area contributed by atoms with Crippen LogP contribution in [0.15, 0.2) is 42.5 Å². The normalized spacial score (nSPS) is 21.2. The zero-order valence-electron chi connectivity index (χ0n) is 22.9. The van der Waals surface area contributed by atoms with E-state index in [1.165, 1.54) is 0 Å². The molecular weight excluding hydrogens is 484 g/mol. The number of methoxy groups -OCH3 is 3. The molecule has 2 atom stereocenters. The largest absolute Gasteiger partial charge is 0.497 e. The number of nitrogens with zero attached hydrogens (tertiary/aromatic N) is 1. The maximum atomic E-state index is 14.1. The molecule has 0 aromatic heterocycles. The van der Waals surface area contributed by atoms with Crippen molar-refractivity contribution < 1.29 is 28.8 Å². The lowest BCUT2D eigenvalue weighted by atomic mass is 9.75. The van der Waals surface area contributed by atoms with Gasteiger partial charge < -0.3 is 34.3 Å². The van der Waals surface area contributed by atoms with E-state index < -0.39 is 11.5 Å². The van der Waals surface area contributed by atoms with Crippen molar-refractivity contribution in [1.29, 1.82) is 0 Å². The number of carbonyl (C=O) groups excluding carboxylic acids is 1. The van der Waals surface area contributed by atoms with Crippen molar-refractivity contribution in [3.8, 4) is 11.5 Å². The van der Waals surface area contributed by atoms with Gasteiger partial charge in [0, 0.05) is 40.0 Å². The first-order valence-corrected chi connectivity index (χ1v) is 13.6. The molecule has 2 N–H and O–H groups in total. The summed E-state index contributed by atoms with van der Waals surface area (Å²) in [6.07, 6.45) is 4.19. The fourth-order valence-electron chi connectivity index (χ4n) is 5.28. The Bertz CT molecular complexity index is 1030. The molecule has 2 aromatic carbocycles. The van der Waals surface area contributed by atoms with Gasteiger partial charge >= 0.3 is 0 Å². The van der Waals surface area contributed by atoms with E-state index in [9.17, 15) is 9.90 Å². The monoisotopic (exact) mass is 526 g/mol. The van der Waals surface area contributed by atoms with Gasteiger partial charge in [0.1, 0.15) is 23.7 Å². The van der Waals surface area contributed by atoms with Gasteiger partial charge in [0.05, 0.1) is 19.6 Å². The summed E-state index contributed by atoms with van der Waals surface area (Å²) in [4.78, 5) is 16.1. The van der Waals surface area contributed by atoms with E-state index in [4.69, 9.17) is 18.9 Å². The van der Waals surface area contributed by atoms with Crippen molar-refractivity contribution in [2.75, 3.05) is 54.2 Å². The minimum absolute atomic E-state index is 0.0170. The number of hydrogen-bond donors (Lipinski definition) is 2. The van der Waals surface area contributed by atoms with Crippen LogP contribution in [0.4, 0.5) is 0 Å². The van der Waals surface area contributed by atoms with E-state index in [0.717, 1.165) is 48.1 Å². The molecule has 0 radical (unpaired) electrons. The number of benzene rings is 2. The van der Waals surface area contributed by atoms with Crippen molar-refractivity contribution in [3.63, 3.8) is 0 Å². The molecule has 2 aliphatic rings. The molecule has 2 fully saturated rings. The predicted molar refractivity (Wildman–Crippen MR) is 145 cm³/mol.